The maximum Gasteiger partial charge on any atom is 0.222 e. The summed E-state index contributed by atoms with van der Waals surface area (Å²) in [7, 11) is 0. The summed E-state index contributed by atoms with van der Waals surface area (Å²) >= 11 is 0. The molecule has 1 aliphatic rings. The van der Waals surface area contributed by atoms with E-state index in [0.29, 0.717) is 4.90 Å². The van der Waals surface area contributed by atoms with Gasteiger partial charge in [-0.05, 0) is 18.0 Å². The third-order valence-electron chi connectivity index (χ3n) is 1.73. The predicted molar refractivity (Wildman–Crippen MR) is 49.0 cm³/mol. The zero-order valence-corrected chi connectivity index (χ0v) is 6.59. The van der Waals surface area contributed by atoms with Crippen molar-refractivity contribution in [3.05, 3.63) is 30.0 Å². The molecule has 1 aliphatic heterocycles. The van der Waals surface area contributed by atoms with Gasteiger partial charge in [0, 0.05) is 32.6 Å². The fourth-order valence-corrected chi connectivity index (χ4v) is 1.10. The van der Waals surface area contributed by atoms with Crippen molar-refractivity contribution in [2.75, 3.05) is 6.98 Å². The number of amides is 1. The van der Waals surface area contributed by atoms with Crippen molar-refractivity contribution in [1.82, 2.24) is 9.88 Å². The zero-order chi connectivity index (χ0) is 17.0. The predicted octanol–water partition coefficient (Wildman–Crippen LogP) is 1.37. The van der Waals surface area contributed by atoms with Crippen LogP contribution in [0.2, 0.25) is 0 Å². The van der Waals surface area contributed by atoms with E-state index in [-0.39, 0.29) is 0 Å². The number of pyridine rings is 1. The van der Waals surface area contributed by atoms with E-state index in [0.717, 1.165) is 0 Å². The molecule has 1 aromatic heterocycles. The van der Waals surface area contributed by atoms with E-state index >= 15 is 0 Å². The Kier molecular flexibility index (Phi) is 0.683. The molecule has 0 radical (unpaired) electrons. The van der Waals surface area contributed by atoms with Gasteiger partial charge in [-0.25, -0.2) is 0 Å². The van der Waals surface area contributed by atoms with Gasteiger partial charge in [-0.15, -0.1) is 0 Å². The molecule has 0 aromatic carbocycles. The third-order valence-corrected chi connectivity index (χ3v) is 1.73. The summed E-state index contributed by atoms with van der Waals surface area (Å²) in [6.07, 6.45) is -4.34. The Balaban J connectivity index is 2.73. The third kappa shape index (κ3) is 1.41. The summed E-state index contributed by atoms with van der Waals surface area (Å²) in [5.74, 6) is -0.963. The lowest BCUT2D eigenvalue weighted by molar-refractivity contribution is -0.127. The Morgan fingerprint density at radius 3 is 3.69 bits per heavy atom. The fourth-order valence-electron chi connectivity index (χ4n) is 1.10. The van der Waals surface area contributed by atoms with Gasteiger partial charge in [0.05, 0.1) is 11.5 Å². The van der Waals surface area contributed by atoms with Crippen LogP contribution in [0.4, 0.5) is 0 Å². The van der Waals surface area contributed by atoms with E-state index < -0.39 is 61.7 Å². The molecule has 1 aromatic rings. The minimum atomic E-state index is -2.95. The van der Waals surface area contributed by atoms with Crippen LogP contribution in [0.1, 0.15) is 36.7 Å². The topological polar surface area (TPSA) is 33.2 Å². The fraction of sp³-hybridized carbons (Fsp3) is 0.400. The van der Waals surface area contributed by atoms with Gasteiger partial charge in [0.2, 0.25) is 5.91 Å². The van der Waals surface area contributed by atoms with Gasteiger partial charge >= 0.3 is 0 Å². The molecular formula is C10H12N2O. The first-order chi connectivity index (χ1) is 9.88. The number of carbonyl (C=O) groups excluding carboxylic acids is 1. The first kappa shape index (κ1) is 2.80. The minimum Gasteiger partial charge on any atom is -0.339 e. The van der Waals surface area contributed by atoms with E-state index in [1.165, 1.54) is 0 Å². The average Bonchev–Trinajstić information content (AvgIpc) is 2.56. The second-order valence-corrected chi connectivity index (χ2v) is 2.55. The average molecular weight is 185 g/mol. The largest absolute Gasteiger partial charge is 0.339 e. The second kappa shape index (κ2) is 3.17. The molecular weight excluding hydrogens is 164 g/mol. The maximum absolute atomic E-state index is 11.9. The van der Waals surface area contributed by atoms with Crippen molar-refractivity contribution >= 4 is 5.91 Å². The highest BCUT2D eigenvalue weighted by Crippen LogP contribution is 2.30. The molecule has 0 aliphatic carbocycles. The monoisotopic (exact) mass is 185 g/mol. The van der Waals surface area contributed by atoms with Crippen LogP contribution >= 0.6 is 0 Å². The number of likely N-dealkylation sites (tertiary alicyclic amines) is 1. The number of hydrogen-bond acceptors (Lipinski definition) is 2. The van der Waals surface area contributed by atoms with Crippen LogP contribution in [-0.2, 0) is 4.79 Å². The number of rotatable bonds is 1. The minimum absolute atomic E-state index is 0.323. The van der Waals surface area contributed by atoms with Crippen molar-refractivity contribution in [1.29, 1.82) is 0 Å². The Bertz CT molecular complexity index is 642. The van der Waals surface area contributed by atoms with E-state index in [1.807, 2.05) is 0 Å². The van der Waals surface area contributed by atoms with Crippen molar-refractivity contribution in [2.45, 2.75) is 18.8 Å². The molecule has 1 saturated heterocycles. The number of nitrogens with zero attached hydrogens (tertiary/aromatic N) is 2. The normalized spacial score (nSPS) is 37.2. The summed E-state index contributed by atoms with van der Waals surface area (Å²) in [6, 6.07) is -3.03. The van der Waals surface area contributed by atoms with Crippen molar-refractivity contribution < 1.29 is 17.1 Å². The van der Waals surface area contributed by atoms with Crippen LogP contribution in [0.5, 0.6) is 0 Å². The molecule has 68 valence electrons. The van der Waals surface area contributed by atoms with Gasteiger partial charge in [-0.2, -0.15) is 0 Å². The van der Waals surface area contributed by atoms with Crippen molar-refractivity contribution in [3.63, 3.8) is 0 Å². The molecule has 2 rings (SSSR count). The van der Waals surface area contributed by atoms with E-state index in [9.17, 15) is 4.79 Å². The number of aromatic nitrogens is 1. The van der Waals surface area contributed by atoms with E-state index in [2.05, 4.69) is 4.98 Å². The number of hydrogen-bond donors (Lipinski definition) is 0. The number of carbonyl (C=O) groups is 1. The van der Waals surface area contributed by atoms with Crippen LogP contribution in [0, 0.1) is 0 Å². The first-order valence-corrected chi connectivity index (χ1v) is 3.64. The molecule has 0 saturated carbocycles. The SMILES string of the molecule is [2H]c1nc([2H])c([C@H]2N(C([2H])([2H])[2H])C(=O)CC2([2H])[2H])c([2H])c1[2H]. The Morgan fingerprint density at radius 1 is 1.92 bits per heavy atom. The molecule has 0 bridgehead atoms. The summed E-state index contributed by atoms with van der Waals surface area (Å²) in [4.78, 5) is 15.6. The van der Waals surface area contributed by atoms with E-state index in [4.69, 9.17) is 12.3 Å². The standard InChI is InChI=1S/C10H12N2O/c1-12-9(4-5-10(12)13)8-3-2-6-11-7-8/h2-3,6-7,9H,4-5H2,1H3/t9-/m0/s1/i1D3,2D,3D,4D2,6D,7D. The van der Waals surface area contributed by atoms with Crippen LogP contribution in [0.15, 0.2) is 24.4 Å². The zero-order valence-electron chi connectivity index (χ0n) is 15.6. The van der Waals surface area contributed by atoms with Crippen LogP contribution < -0.4 is 0 Å². The molecule has 0 spiro atoms. The molecule has 0 N–H and O–H groups in total. The first-order valence-electron chi connectivity index (χ1n) is 8.14. The van der Waals surface area contributed by atoms with Crippen LogP contribution in [-0.4, -0.2) is 22.8 Å². The lowest BCUT2D eigenvalue weighted by atomic mass is 10.1. The second-order valence-electron chi connectivity index (χ2n) is 2.55. The van der Waals surface area contributed by atoms with Gasteiger partial charge in [0.1, 0.15) is 0 Å². The highest BCUT2D eigenvalue weighted by atomic mass is 16.2. The highest BCUT2D eigenvalue weighted by molar-refractivity contribution is 5.78. The molecule has 13 heavy (non-hydrogen) atoms. The molecule has 3 nitrogen and oxygen atoms in total. The lowest BCUT2D eigenvalue weighted by Gasteiger charge is -2.19. The summed E-state index contributed by atoms with van der Waals surface area (Å²) < 4.78 is 68.4. The van der Waals surface area contributed by atoms with Crippen LogP contribution in [0.3, 0.4) is 0 Å². The summed E-state index contributed by atoms with van der Waals surface area (Å²) in [6.45, 7) is -2.95. The van der Waals surface area contributed by atoms with Gasteiger partial charge in [-0.1, -0.05) is 6.04 Å². The Hall–Kier alpha value is -1.38. The molecule has 1 atom stereocenters. The van der Waals surface area contributed by atoms with E-state index in [1.54, 1.807) is 0 Å². The smallest absolute Gasteiger partial charge is 0.222 e. The summed E-state index contributed by atoms with van der Waals surface area (Å²) in [5.41, 5.74) is -0.465. The molecule has 1 amide bonds. The van der Waals surface area contributed by atoms with Crippen molar-refractivity contribution in [2.24, 2.45) is 0 Å². The maximum atomic E-state index is 11.9. The Morgan fingerprint density at radius 2 is 2.85 bits per heavy atom. The van der Waals surface area contributed by atoms with Crippen LogP contribution in [0.25, 0.3) is 0 Å². The molecule has 2 heterocycles. The molecule has 3 heteroatoms. The van der Waals surface area contributed by atoms with Crippen molar-refractivity contribution in [3.8, 4) is 0 Å². The summed E-state index contributed by atoms with van der Waals surface area (Å²) in [5, 5.41) is 0. The van der Waals surface area contributed by atoms with Gasteiger partial charge < -0.3 is 4.90 Å². The highest BCUT2D eigenvalue weighted by Gasteiger charge is 2.28. The molecule has 1 fully saturated rings. The van der Waals surface area contributed by atoms with Gasteiger partial charge in [-0.3, -0.25) is 9.78 Å². The lowest BCUT2D eigenvalue weighted by Crippen LogP contribution is -2.22. The molecule has 0 unspecified atom stereocenters. The van der Waals surface area contributed by atoms with Gasteiger partial charge in [0.25, 0.3) is 0 Å². The quantitative estimate of drug-likeness (QED) is 0.662. The van der Waals surface area contributed by atoms with Gasteiger partial charge in [0.15, 0.2) is 0 Å². The Labute approximate surface area is 90.0 Å².